The van der Waals surface area contributed by atoms with Crippen LogP contribution in [-0.4, -0.2) is 14.2 Å². The molecule has 0 aliphatic carbocycles. The van der Waals surface area contributed by atoms with Gasteiger partial charge in [0.05, 0.1) is 21.9 Å². The fourth-order valence-corrected chi connectivity index (χ4v) is 2.95. The maximum Gasteiger partial charge on any atom is 0.167 e. The Kier molecular flexibility index (Phi) is 4.45. The summed E-state index contributed by atoms with van der Waals surface area (Å²) < 4.78 is 22.9. The molecule has 0 atom stereocenters. The molecule has 0 aliphatic heterocycles. The maximum atomic E-state index is 11.4. The molecule has 0 saturated carbocycles. The molecule has 1 aromatic carbocycles. The van der Waals surface area contributed by atoms with Crippen LogP contribution < -0.4 is 0 Å². The van der Waals surface area contributed by atoms with Gasteiger partial charge in [0.15, 0.2) is 9.84 Å². The first-order valence-corrected chi connectivity index (χ1v) is 7.02. The highest BCUT2D eigenvalue weighted by Gasteiger charge is 2.18. The molecule has 0 N–H and O–H groups in total. The molecule has 0 unspecified atom stereocenters. The van der Waals surface area contributed by atoms with Crippen molar-refractivity contribution in [2.75, 3.05) is 5.75 Å². The van der Waals surface area contributed by atoms with E-state index in [-0.39, 0.29) is 20.6 Å². The Labute approximate surface area is 108 Å². The highest BCUT2D eigenvalue weighted by atomic mass is 35.5. The monoisotopic (exact) mass is 297 g/mol. The number of benzene rings is 1. The van der Waals surface area contributed by atoms with E-state index >= 15 is 0 Å². The van der Waals surface area contributed by atoms with E-state index in [0.717, 1.165) is 0 Å². The number of hydrogen-bond donors (Lipinski definition) is 0. The Morgan fingerprint density at radius 2 is 1.75 bits per heavy atom. The molecule has 0 aromatic heterocycles. The third kappa shape index (κ3) is 3.26. The van der Waals surface area contributed by atoms with Crippen LogP contribution in [0.3, 0.4) is 0 Å². The predicted octanol–water partition coefficient (Wildman–Crippen LogP) is 3.09. The topological polar surface area (TPSA) is 57.9 Å². The molecule has 7 heteroatoms. The second kappa shape index (κ2) is 5.24. The molecular weight excluding hydrogens is 293 g/mol. The average Bonchev–Trinajstić information content (AvgIpc) is 2.19. The van der Waals surface area contributed by atoms with Crippen molar-refractivity contribution >= 4 is 44.6 Å². The predicted molar refractivity (Wildman–Crippen MR) is 64.6 cm³/mol. The van der Waals surface area contributed by atoms with E-state index in [0.29, 0.717) is 0 Å². The van der Waals surface area contributed by atoms with Crippen LogP contribution in [0.2, 0.25) is 15.1 Å². The standard InChI is InChI=1S/C9H6Cl3NO2S/c10-7-1-2-8(11)9(12)6(7)5-16(14,15)4-3-13/h1-2H,4-5H2. The van der Waals surface area contributed by atoms with Gasteiger partial charge in [-0.3, -0.25) is 0 Å². The lowest BCUT2D eigenvalue weighted by Gasteiger charge is -2.07. The van der Waals surface area contributed by atoms with Crippen LogP contribution in [0, 0.1) is 11.3 Å². The molecule has 0 spiro atoms. The molecule has 0 amide bonds. The molecular formula is C9H6Cl3NO2S. The summed E-state index contributed by atoms with van der Waals surface area (Å²) in [6.45, 7) is 0. The minimum atomic E-state index is -3.54. The Morgan fingerprint density at radius 1 is 1.19 bits per heavy atom. The number of rotatable bonds is 3. The fraction of sp³-hybridized carbons (Fsp3) is 0.222. The van der Waals surface area contributed by atoms with Crippen LogP contribution in [0.4, 0.5) is 0 Å². The third-order valence-corrected chi connectivity index (χ3v) is 4.28. The zero-order chi connectivity index (χ0) is 12.3. The summed E-state index contributed by atoms with van der Waals surface area (Å²) in [6.07, 6.45) is 0. The smallest absolute Gasteiger partial charge is 0.167 e. The number of halogens is 3. The summed E-state index contributed by atoms with van der Waals surface area (Å²) >= 11 is 17.4. The number of nitrogens with zero attached hydrogens (tertiary/aromatic N) is 1. The molecule has 0 radical (unpaired) electrons. The summed E-state index contributed by atoms with van der Waals surface area (Å²) in [6, 6.07) is 4.52. The lowest BCUT2D eigenvalue weighted by Crippen LogP contribution is -2.08. The van der Waals surface area contributed by atoms with Gasteiger partial charge >= 0.3 is 0 Å². The average molecular weight is 299 g/mol. The van der Waals surface area contributed by atoms with Crippen LogP contribution in [0.5, 0.6) is 0 Å². The Morgan fingerprint density at radius 3 is 2.31 bits per heavy atom. The van der Waals surface area contributed by atoms with Gasteiger partial charge in [0, 0.05) is 10.6 Å². The van der Waals surface area contributed by atoms with Gasteiger partial charge in [-0.1, -0.05) is 34.8 Å². The summed E-state index contributed by atoms with van der Waals surface area (Å²) in [5.41, 5.74) is 0.228. The zero-order valence-corrected chi connectivity index (χ0v) is 11.0. The van der Waals surface area contributed by atoms with Crippen molar-refractivity contribution in [3.8, 4) is 6.07 Å². The SMILES string of the molecule is N#CCS(=O)(=O)Cc1c(Cl)ccc(Cl)c1Cl. The van der Waals surface area contributed by atoms with Gasteiger partial charge in [-0.05, 0) is 12.1 Å². The first-order chi connectivity index (χ1) is 7.37. The summed E-state index contributed by atoms with van der Waals surface area (Å²) in [5, 5.41) is 8.91. The highest BCUT2D eigenvalue weighted by molar-refractivity contribution is 7.90. The van der Waals surface area contributed by atoms with Gasteiger partial charge in [0.2, 0.25) is 0 Å². The number of hydrogen-bond acceptors (Lipinski definition) is 3. The van der Waals surface area contributed by atoms with E-state index in [1.807, 2.05) is 0 Å². The summed E-state index contributed by atoms with van der Waals surface area (Å²) in [4.78, 5) is 0. The van der Waals surface area contributed by atoms with E-state index in [1.54, 1.807) is 6.07 Å². The molecule has 1 rings (SSSR count). The Hall–Kier alpha value is -0.470. The van der Waals surface area contributed by atoms with Crippen molar-refractivity contribution in [3.63, 3.8) is 0 Å². The molecule has 0 fully saturated rings. The van der Waals surface area contributed by atoms with E-state index in [4.69, 9.17) is 40.1 Å². The number of sulfone groups is 1. The van der Waals surface area contributed by atoms with Gasteiger partial charge in [0.1, 0.15) is 5.75 Å². The Bertz CT molecular complexity index is 549. The maximum absolute atomic E-state index is 11.4. The second-order valence-corrected chi connectivity index (χ2v) is 6.27. The van der Waals surface area contributed by atoms with Crippen LogP contribution in [0.25, 0.3) is 0 Å². The van der Waals surface area contributed by atoms with Gasteiger partial charge in [0.25, 0.3) is 0 Å². The minimum Gasteiger partial charge on any atom is -0.227 e. The van der Waals surface area contributed by atoms with Crippen molar-refractivity contribution < 1.29 is 8.42 Å². The Balaban J connectivity index is 3.17. The lowest BCUT2D eigenvalue weighted by molar-refractivity contribution is 0.598. The molecule has 86 valence electrons. The van der Waals surface area contributed by atoms with E-state index < -0.39 is 21.3 Å². The van der Waals surface area contributed by atoms with Gasteiger partial charge < -0.3 is 0 Å². The molecule has 0 heterocycles. The molecule has 0 saturated heterocycles. The van der Waals surface area contributed by atoms with Crippen molar-refractivity contribution in [2.24, 2.45) is 0 Å². The van der Waals surface area contributed by atoms with E-state index in [1.165, 1.54) is 12.1 Å². The fourth-order valence-electron chi connectivity index (χ4n) is 1.07. The number of nitriles is 1. The summed E-state index contributed by atoms with van der Waals surface area (Å²) in [7, 11) is -3.54. The van der Waals surface area contributed by atoms with Crippen molar-refractivity contribution in [3.05, 3.63) is 32.8 Å². The van der Waals surface area contributed by atoms with Crippen LogP contribution in [-0.2, 0) is 15.6 Å². The van der Waals surface area contributed by atoms with E-state index in [2.05, 4.69) is 0 Å². The van der Waals surface area contributed by atoms with Crippen LogP contribution in [0.1, 0.15) is 5.56 Å². The van der Waals surface area contributed by atoms with Crippen molar-refractivity contribution in [1.29, 1.82) is 5.26 Å². The lowest BCUT2D eigenvalue weighted by atomic mass is 10.2. The largest absolute Gasteiger partial charge is 0.227 e. The third-order valence-electron chi connectivity index (χ3n) is 1.79. The minimum absolute atomic E-state index is 0.107. The van der Waals surface area contributed by atoms with Gasteiger partial charge in [-0.2, -0.15) is 5.26 Å². The van der Waals surface area contributed by atoms with Crippen molar-refractivity contribution in [1.82, 2.24) is 0 Å². The van der Waals surface area contributed by atoms with Gasteiger partial charge in [-0.15, -0.1) is 0 Å². The zero-order valence-electron chi connectivity index (χ0n) is 7.87. The first kappa shape index (κ1) is 13.6. The summed E-state index contributed by atoms with van der Waals surface area (Å²) in [5.74, 6) is -0.967. The molecule has 3 nitrogen and oxygen atoms in total. The highest BCUT2D eigenvalue weighted by Crippen LogP contribution is 2.32. The van der Waals surface area contributed by atoms with Crippen LogP contribution in [0.15, 0.2) is 12.1 Å². The molecule has 0 aliphatic rings. The quantitative estimate of drug-likeness (QED) is 0.806. The van der Waals surface area contributed by atoms with E-state index in [9.17, 15) is 8.42 Å². The van der Waals surface area contributed by atoms with Crippen LogP contribution >= 0.6 is 34.8 Å². The normalized spacial score (nSPS) is 11.1. The second-order valence-electron chi connectivity index (χ2n) is 3.01. The molecule has 0 bridgehead atoms. The molecule has 16 heavy (non-hydrogen) atoms. The molecule has 1 aromatic rings. The van der Waals surface area contributed by atoms with Gasteiger partial charge in [-0.25, -0.2) is 8.42 Å². The van der Waals surface area contributed by atoms with Crippen molar-refractivity contribution in [2.45, 2.75) is 5.75 Å². The first-order valence-electron chi connectivity index (χ1n) is 4.07.